The van der Waals surface area contributed by atoms with Crippen LogP contribution in [0.2, 0.25) is 0 Å². The van der Waals surface area contributed by atoms with Crippen molar-refractivity contribution in [3.8, 4) is 0 Å². The average molecular weight is 189 g/mol. The van der Waals surface area contributed by atoms with Gasteiger partial charge in [0.25, 0.3) is 0 Å². The van der Waals surface area contributed by atoms with Gasteiger partial charge in [-0.25, -0.2) is 0 Å². The monoisotopic (exact) mass is 189 g/mol. The first-order valence-electron chi connectivity index (χ1n) is 4.14. The van der Waals surface area contributed by atoms with Crippen LogP contribution < -0.4 is 5.73 Å². The van der Waals surface area contributed by atoms with Gasteiger partial charge in [0.15, 0.2) is 0 Å². The highest BCUT2D eigenvalue weighted by Crippen LogP contribution is 2.24. The van der Waals surface area contributed by atoms with Crippen molar-refractivity contribution in [1.29, 1.82) is 0 Å². The normalized spacial score (nSPS) is 29.8. The van der Waals surface area contributed by atoms with Crippen LogP contribution in [0.25, 0.3) is 0 Å². The number of hydrogen-bond acceptors (Lipinski definition) is 4. The van der Waals surface area contributed by atoms with E-state index in [1.165, 1.54) is 7.11 Å². The van der Waals surface area contributed by atoms with Crippen molar-refractivity contribution < 1.29 is 9.53 Å². The van der Waals surface area contributed by atoms with Crippen molar-refractivity contribution in [2.45, 2.75) is 18.9 Å². The van der Waals surface area contributed by atoms with Crippen molar-refractivity contribution in [2.24, 2.45) is 11.7 Å². The molecule has 3 nitrogen and oxygen atoms in total. The van der Waals surface area contributed by atoms with Gasteiger partial charge in [-0.05, 0) is 18.1 Å². The van der Waals surface area contributed by atoms with Gasteiger partial charge >= 0.3 is 5.97 Å². The van der Waals surface area contributed by atoms with E-state index >= 15 is 0 Å². The van der Waals surface area contributed by atoms with Gasteiger partial charge in [0.1, 0.15) is 0 Å². The second-order valence-corrected chi connectivity index (χ2v) is 4.22. The molecule has 0 amide bonds. The molecule has 0 aromatic carbocycles. The lowest BCUT2D eigenvalue weighted by atomic mass is 9.95. The third-order valence-electron chi connectivity index (χ3n) is 2.21. The maximum Gasteiger partial charge on any atom is 0.305 e. The zero-order valence-corrected chi connectivity index (χ0v) is 8.10. The van der Waals surface area contributed by atoms with E-state index in [1.807, 2.05) is 11.8 Å². The summed E-state index contributed by atoms with van der Waals surface area (Å²) in [6.07, 6.45) is 1.53. The van der Waals surface area contributed by atoms with Gasteiger partial charge in [-0.3, -0.25) is 4.79 Å². The minimum atomic E-state index is -0.137. The van der Waals surface area contributed by atoms with E-state index in [2.05, 4.69) is 4.74 Å². The van der Waals surface area contributed by atoms with E-state index in [9.17, 15) is 4.79 Å². The fourth-order valence-corrected chi connectivity index (χ4v) is 2.54. The number of esters is 1. The Balaban J connectivity index is 2.33. The summed E-state index contributed by atoms with van der Waals surface area (Å²) in [5.74, 6) is 2.29. The van der Waals surface area contributed by atoms with Crippen molar-refractivity contribution >= 4 is 17.7 Å². The van der Waals surface area contributed by atoms with E-state index in [4.69, 9.17) is 5.73 Å². The van der Waals surface area contributed by atoms with E-state index in [-0.39, 0.29) is 12.0 Å². The van der Waals surface area contributed by atoms with Crippen LogP contribution in [-0.4, -0.2) is 30.6 Å². The lowest BCUT2D eigenvalue weighted by Gasteiger charge is -2.26. The Hall–Kier alpha value is -0.220. The minimum absolute atomic E-state index is 0.137. The van der Waals surface area contributed by atoms with E-state index in [0.717, 1.165) is 17.9 Å². The molecule has 0 unspecified atom stereocenters. The molecule has 0 bridgehead atoms. The summed E-state index contributed by atoms with van der Waals surface area (Å²) in [4.78, 5) is 10.9. The fraction of sp³-hybridized carbons (Fsp3) is 0.875. The molecule has 0 radical (unpaired) electrons. The largest absolute Gasteiger partial charge is 0.469 e. The number of hydrogen-bond donors (Lipinski definition) is 1. The van der Waals surface area contributed by atoms with Gasteiger partial charge in [0, 0.05) is 18.2 Å². The van der Waals surface area contributed by atoms with Crippen molar-refractivity contribution in [2.75, 3.05) is 18.6 Å². The standard InChI is InChI=1S/C8H15NO2S/c1-11-8(10)4-6-2-3-12-5-7(6)9/h6-7H,2-5,9H2,1H3/t6-,7-/m0/s1. The third kappa shape index (κ3) is 2.68. The van der Waals surface area contributed by atoms with Crippen molar-refractivity contribution in [1.82, 2.24) is 0 Å². The summed E-state index contributed by atoms with van der Waals surface area (Å²) in [5, 5.41) is 0. The summed E-state index contributed by atoms with van der Waals surface area (Å²) >= 11 is 1.86. The Bertz CT molecular complexity index is 163. The molecule has 0 spiro atoms. The first kappa shape index (κ1) is 9.86. The van der Waals surface area contributed by atoms with Gasteiger partial charge in [-0.2, -0.15) is 11.8 Å². The molecule has 0 aromatic heterocycles. The molecule has 2 atom stereocenters. The Morgan fingerprint density at radius 1 is 1.75 bits per heavy atom. The van der Waals surface area contributed by atoms with Gasteiger partial charge in [-0.15, -0.1) is 0 Å². The SMILES string of the molecule is COC(=O)C[C@@H]1CCSC[C@@H]1N. The van der Waals surface area contributed by atoms with Gasteiger partial charge in [0.05, 0.1) is 7.11 Å². The number of ether oxygens (including phenoxy) is 1. The van der Waals surface area contributed by atoms with Crippen LogP contribution in [0.15, 0.2) is 0 Å². The topological polar surface area (TPSA) is 52.3 Å². The van der Waals surface area contributed by atoms with E-state index in [1.54, 1.807) is 0 Å². The number of carbonyl (C=O) groups excluding carboxylic acids is 1. The van der Waals surface area contributed by atoms with Crippen LogP contribution >= 0.6 is 11.8 Å². The van der Waals surface area contributed by atoms with E-state index < -0.39 is 0 Å². The van der Waals surface area contributed by atoms with Crippen molar-refractivity contribution in [3.05, 3.63) is 0 Å². The molecule has 0 aliphatic carbocycles. The number of rotatable bonds is 2. The molecule has 0 saturated carbocycles. The van der Waals surface area contributed by atoms with Crippen LogP contribution in [-0.2, 0) is 9.53 Å². The lowest BCUT2D eigenvalue weighted by Crippen LogP contribution is -2.37. The Morgan fingerprint density at radius 3 is 3.08 bits per heavy atom. The number of carbonyl (C=O) groups is 1. The molecule has 1 rings (SSSR count). The van der Waals surface area contributed by atoms with Crippen LogP contribution in [0.4, 0.5) is 0 Å². The molecule has 1 saturated heterocycles. The maximum atomic E-state index is 10.9. The first-order valence-corrected chi connectivity index (χ1v) is 5.29. The second-order valence-electron chi connectivity index (χ2n) is 3.07. The zero-order chi connectivity index (χ0) is 8.97. The summed E-state index contributed by atoms with van der Waals surface area (Å²) in [6, 6.07) is 0.169. The molecule has 70 valence electrons. The smallest absolute Gasteiger partial charge is 0.305 e. The first-order chi connectivity index (χ1) is 5.74. The highest BCUT2D eigenvalue weighted by Gasteiger charge is 2.24. The van der Waals surface area contributed by atoms with Gasteiger partial charge in [-0.1, -0.05) is 0 Å². The summed E-state index contributed by atoms with van der Waals surface area (Å²) in [6.45, 7) is 0. The molecule has 1 heterocycles. The quantitative estimate of drug-likeness (QED) is 0.647. The molecular formula is C8H15NO2S. The predicted molar refractivity (Wildman–Crippen MR) is 50.0 cm³/mol. The lowest BCUT2D eigenvalue weighted by molar-refractivity contribution is -0.141. The van der Waals surface area contributed by atoms with E-state index in [0.29, 0.717) is 12.3 Å². The molecule has 1 fully saturated rings. The van der Waals surface area contributed by atoms with Gasteiger partial charge in [0.2, 0.25) is 0 Å². The Labute approximate surface area is 77.0 Å². The number of methoxy groups -OCH3 is 1. The molecular weight excluding hydrogens is 174 g/mol. The highest BCUT2D eigenvalue weighted by atomic mass is 32.2. The highest BCUT2D eigenvalue weighted by molar-refractivity contribution is 7.99. The number of thioether (sulfide) groups is 1. The Morgan fingerprint density at radius 2 is 2.50 bits per heavy atom. The summed E-state index contributed by atoms with van der Waals surface area (Å²) in [5.41, 5.74) is 5.85. The van der Waals surface area contributed by atoms with Gasteiger partial charge < -0.3 is 10.5 Å². The number of nitrogens with two attached hydrogens (primary N) is 1. The third-order valence-corrected chi connectivity index (χ3v) is 3.35. The van der Waals surface area contributed by atoms with Crippen LogP contribution in [0.5, 0.6) is 0 Å². The van der Waals surface area contributed by atoms with Crippen LogP contribution in [0.3, 0.4) is 0 Å². The molecule has 12 heavy (non-hydrogen) atoms. The summed E-state index contributed by atoms with van der Waals surface area (Å²) < 4.78 is 4.60. The van der Waals surface area contributed by atoms with Crippen LogP contribution in [0, 0.1) is 5.92 Å². The fourth-order valence-electron chi connectivity index (χ4n) is 1.36. The Kier molecular flexibility index (Phi) is 3.88. The predicted octanol–water partition coefficient (Wildman–Crippen LogP) is 0.630. The minimum Gasteiger partial charge on any atom is -0.469 e. The molecule has 1 aliphatic rings. The molecule has 1 aliphatic heterocycles. The zero-order valence-electron chi connectivity index (χ0n) is 7.29. The van der Waals surface area contributed by atoms with Crippen molar-refractivity contribution in [3.63, 3.8) is 0 Å². The molecule has 4 heteroatoms. The second kappa shape index (κ2) is 4.72. The average Bonchev–Trinajstić information content (AvgIpc) is 2.09. The molecule has 2 N–H and O–H groups in total. The summed E-state index contributed by atoms with van der Waals surface area (Å²) in [7, 11) is 1.42. The molecule has 0 aromatic rings. The van der Waals surface area contributed by atoms with Crippen LogP contribution in [0.1, 0.15) is 12.8 Å². The maximum absolute atomic E-state index is 10.9.